The number of hydrogen-bond acceptors (Lipinski definition) is 3. The Morgan fingerprint density at radius 2 is 1.28 bits per heavy atom. The minimum atomic E-state index is -0.0566. The minimum absolute atomic E-state index is 0.0566. The van der Waals surface area contributed by atoms with Crippen molar-refractivity contribution in [3.05, 3.63) is 162 Å². The molecule has 0 saturated heterocycles. The van der Waals surface area contributed by atoms with Crippen molar-refractivity contribution >= 4 is 70.5 Å². The van der Waals surface area contributed by atoms with Crippen molar-refractivity contribution in [2.45, 2.75) is 78.1 Å². The zero-order chi connectivity index (χ0) is 39.1. The third kappa shape index (κ3) is 5.81. The summed E-state index contributed by atoms with van der Waals surface area (Å²) in [6, 6.07) is 52.1. The largest absolute Gasteiger partial charge is 0.456 e. The fourth-order valence-electron chi connectivity index (χ4n) is 9.68. The molecule has 282 valence electrons. The van der Waals surface area contributed by atoms with Gasteiger partial charge in [-0.15, -0.1) is 11.3 Å². The Hall–Kier alpha value is -5.64. The van der Waals surface area contributed by atoms with Gasteiger partial charge in [0.25, 0.3) is 0 Å². The summed E-state index contributed by atoms with van der Waals surface area (Å²) < 4.78 is 8.88. The van der Waals surface area contributed by atoms with Crippen LogP contribution in [0.4, 0.5) is 17.1 Å². The topological polar surface area (TPSA) is 16.4 Å². The van der Waals surface area contributed by atoms with Gasteiger partial charge in [-0.05, 0) is 123 Å². The molecule has 2 nitrogen and oxygen atoms in total. The zero-order valence-electron chi connectivity index (χ0n) is 33.9. The summed E-state index contributed by atoms with van der Waals surface area (Å²) in [5.41, 5.74) is 16.3. The molecule has 0 spiro atoms. The van der Waals surface area contributed by atoms with Gasteiger partial charge in [0.05, 0.1) is 0 Å². The van der Waals surface area contributed by atoms with Gasteiger partial charge in [-0.1, -0.05) is 133 Å². The van der Waals surface area contributed by atoms with Crippen LogP contribution in [0.3, 0.4) is 0 Å². The van der Waals surface area contributed by atoms with Crippen LogP contribution in [-0.2, 0) is 17.3 Å². The third-order valence-corrected chi connectivity index (χ3v) is 14.0. The molecule has 0 bridgehead atoms. The van der Waals surface area contributed by atoms with E-state index in [0.29, 0.717) is 0 Å². The summed E-state index contributed by atoms with van der Waals surface area (Å²) in [6.07, 6.45) is 4.73. The van der Waals surface area contributed by atoms with Crippen molar-refractivity contribution in [3.8, 4) is 22.3 Å². The summed E-state index contributed by atoms with van der Waals surface area (Å²) in [4.78, 5) is 2.41. The SMILES string of the molecule is CCCCC(C)(C)c1cc2c(cc1CC)C(C)(C)c1ccc(-c3cccc(N(c4ccc5c(c4)sc4ccccc45)c4ccc5oc6ccccc6c5c4)c3)cc1-2. The number of unbranched alkanes of at least 4 members (excludes halogenated alkanes) is 1. The Bertz CT molecular complexity index is 3010. The van der Waals surface area contributed by atoms with Gasteiger partial charge in [-0.25, -0.2) is 0 Å². The fraction of sp³-hybridized carbons (Fsp3) is 0.222. The van der Waals surface area contributed by atoms with Crippen LogP contribution >= 0.6 is 11.3 Å². The first-order valence-electron chi connectivity index (χ1n) is 20.7. The van der Waals surface area contributed by atoms with Crippen LogP contribution in [0, 0.1) is 0 Å². The molecule has 9 aromatic rings. The van der Waals surface area contributed by atoms with E-state index in [4.69, 9.17) is 4.42 Å². The molecule has 2 heterocycles. The fourth-order valence-corrected chi connectivity index (χ4v) is 10.8. The van der Waals surface area contributed by atoms with E-state index in [1.165, 1.54) is 83.9 Å². The molecule has 0 N–H and O–H groups in total. The molecular weight excluding hydrogens is 711 g/mol. The molecule has 0 aliphatic heterocycles. The minimum Gasteiger partial charge on any atom is -0.456 e. The highest BCUT2D eigenvalue weighted by Crippen LogP contribution is 2.52. The number of hydrogen-bond donors (Lipinski definition) is 0. The van der Waals surface area contributed by atoms with Gasteiger partial charge in [0.1, 0.15) is 11.2 Å². The lowest BCUT2D eigenvalue weighted by molar-refractivity contribution is 0.454. The third-order valence-electron chi connectivity index (χ3n) is 12.8. The number of rotatable bonds is 9. The van der Waals surface area contributed by atoms with E-state index >= 15 is 0 Å². The number of anilines is 3. The zero-order valence-corrected chi connectivity index (χ0v) is 34.7. The number of fused-ring (bicyclic) bond motifs is 9. The molecule has 1 aliphatic rings. The van der Waals surface area contributed by atoms with E-state index in [-0.39, 0.29) is 10.8 Å². The molecule has 0 amide bonds. The molecule has 0 atom stereocenters. The van der Waals surface area contributed by atoms with Crippen LogP contribution in [0.25, 0.3) is 64.4 Å². The van der Waals surface area contributed by atoms with E-state index in [0.717, 1.165) is 45.4 Å². The van der Waals surface area contributed by atoms with Gasteiger partial charge < -0.3 is 9.32 Å². The highest BCUT2D eigenvalue weighted by Gasteiger charge is 2.37. The Morgan fingerprint density at radius 1 is 0.579 bits per heavy atom. The van der Waals surface area contributed by atoms with Crippen LogP contribution in [0.1, 0.15) is 83.1 Å². The van der Waals surface area contributed by atoms with Gasteiger partial charge in [0.15, 0.2) is 0 Å². The number of benzene rings is 7. The maximum Gasteiger partial charge on any atom is 0.135 e. The normalized spacial score (nSPS) is 13.5. The molecule has 57 heavy (non-hydrogen) atoms. The maximum atomic E-state index is 6.28. The van der Waals surface area contributed by atoms with Gasteiger partial charge in [0.2, 0.25) is 0 Å². The monoisotopic (exact) mass is 759 g/mol. The lowest BCUT2D eigenvalue weighted by atomic mass is 9.74. The van der Waals surface area contributed by atoms with Crippen LogP contribution in [0.15, 0.2) is 144 Å². The van der Waals surface area contributed by atoms with Crippen LogP contribution < -0.4 is 4.90 Å². The van der Waals surface area contributed by atoms with Crippen molar-refractivity contribution in [2.24, 2.45) is 0 Å². The summed E-state index contributed by atoms with van der Waals surface area (Å²) in [5.74, 6) is 0. The van der Waals surface area contributed by atoms with Crippen molar-refractivity contribution in [1.29, 1.82) is 0 Å². The predicted molar refractivity (Wildman–Crippen MR) is 246 cm³/mol. The van der Waals surface area contributed by atoms with Crippen molar-refractivity contribution in [1.82, 2.24) is 0 Å². The molecule has 2 aromatic heterocycles. The Morgan fingerprint density at radius 3 is 2.12 bits per heavy atom. The number of para-hydroxylation sites is 1. The van der Waals surface area contributed by atoms with Crippen molar-refractivity contribution < 1.29 is 4.42 Å². The molecule has 1 aliphatic carbocycles. The van der Waals surface area contributed by atoms with E-state index < -0.39 is 0 Å². The molecule has 0 radical (unpaired) electrons. The number of nitrogens with zero attached hydrogens (tertiary/aromatic N) is 1. The molecule has 0 unspecified atom stereocenters. The van der Waals surface area contributed by atoms with Crippen molar-refractivity contribution in [2.75, 3.05) is 4.90 Å². The molecular formula is C54H49NOS. The summed E-state index contributed by atoms with van der Waals surface area (Å²) in [7, 11) is 0. The van der Waals surface area contributed by atoms with Gasteiger partial charge in [-0.3, -0.25) is 0 Å². The van der Waals surface area contributed by atoms with Crippen LogP contribution in [0.5, 0.6) is 0 Å². The Kier molecular flexibility index (Phi) is 8.46. The van der Waals surface area contributed by atoms with Gasteiger partial charge in [-0.2, -0.15) is 0 Å². The second kappa shape index (κ2) is 13.5. The Balaban J connectivity index is 1.12. The van der Waals surface area contributed by atoms with Crippen LogP contribution in [-0.4, -0.2) is 0 Å². The Labute approximate surface area is 340 Å². The summed E-state index contributed by atoms with van der Waals surface area (Å²) >= 11 is 1.86. The van der Waals surface area contributed by atoms with E-state index in [2.05, 4.69) is 180 Å². The predicted octanol–water partition coefficient (Wildman–Crippen LogP) is 16.4. The van der Waals surface area contributed by atoms with Crippen LogP contribution in [0.2, 0.25) is 0 Å². The standard InChI is InChI=1S/C54H49NOS/c1-7-9-27-53(3,4)47-33-44-43-29-36(21-25-46(43)54(5,6)48(44)30-34(47)8-2)35-15-14-16-37(28-35)55(38-23-26-50-45(31-38)40-17-10-12-19-49(40)56-50)39-22-24-42-41-18-11-13-20-51(41)57-52(42)32-39/h10-26,28-33H,7-9,27H2,1-6H3. The van der Waals surface area contributed by atoms with Crippen molar-refractivity contribution in [3.63, 3.8) is 0 Å². The number of aryl methyl sites for hydroxylation is 1. The average Bonchev–Trinajstić information content (AvgIpc) is 3.86. The lowest BCUT2D eigenvalue weighted by Crippen LogP contribution is -2.21. The average molecular weight is 760 g/mol. The maximum absolute atomic E-state index is 6.28. The van der Waals surface area contributed by atoms with E-state index in [1.54, 1.807) is 0 Å². The molecule has 7 aromatic carbocycles. The van der Waals surface area contributed by atoms with E-state index in [9.17, 15) is 0 Å². The first-order valence-corrected chi connectivity index (χ1v) is 21.5. The lowest BCUT2D eigenvalue weighted by Gasteiger charge is -2.30. The summed E-state index contributed by atoms with van der Waals surface area (Å²) in [5, 5.41) is 4.87. The number of furan rings is 1. The second-order valence-electron chi connectivity index (χ2n) is 17.2. The van der Waals surface area contributed by atoms with E-state index in [1.807, 2.05) is 17.4 Å². The molecule has 0 saturated carbocycles. The molecule has 10 rings (SSSR count). The first-order chi connectivity index (χ1) is 27.6. The van der Waals surface area contributed by atoms with Gasteiger partial charge in [0, 0.05) is 53.4 Å². The van der Waals surface area contributed by atoms with Gasteiger partial charge >= 0.3 is 0 Å². The second-order valence-corrected chi connectivity index (χ2v) is 18.3. The number of thiophene rings is 1. The highest BCUT2D eigenvalue weighted by molar-refractivity contribution is 7.25. The quantitative estimate of drug-likeness (QED) is 0.146. The molecule has 3 heteroatoms. The first kappa shape index (κ1) is 35.8. The highest BCUT2D eigenvalue weighted by atomic mass is 32.1. The smallest absolute Gasteiger partial charge is 0.135 e. The summed E-state index contributed by atoms with van der Waals surface area (Å²) in [6.45, 7) is 14.3. The molecule has 0 fully saturated rings.